The fourth-order valence-corrected chi connectivity index (χ4v) is 2.23. The van der Waals surface area contributed by atoms with Crippen molar-refractivity contribution in [3.8, 4) is 0 Å². The Hall–Kier alpha value is -3.10. The fourth-order valence-electron chi connectivity index (χ4n) is 2.23. The summed E-state index contributed by atoms with van der Waals surface area (Å²) in [7, 11) is 0. The number of primary amides is 1. The Labute approximate surface area is 157 Å². The van der Waals surface area contributed by atoms with Crippen LogP contribution in [-0.4, -0.2) is 41.1 Å². The summed E-state index contributed by atoms with van der Waals surface area (Å²) in [4.78, 5) is 46.6. The number of carbonyl (C=O) groups is 4. The maximum absolute atomic E-state index is 12.4. The van der Waals surface area contributed by atoms with Crippen molar-refractivity contribution >= 4 is 23.9 Å². The number of carbonyl (C=O) groups excluding carboxylic acids is 3. The van der Waals surface area contributed by atoms with Crippen LogP contribution in [0.3, 0.4) is 0 Å². The van der Waals surface area contributed by atoms with E-state index in [1.54, 1.807) is 38.1 Å². The minimum atomic E-state index is -1.20. The topological polar surface area (TPSA) is 148 Å². The van der Waals surface area contributed by atoms with Crippen molar-refractivity contribution in [2.24, 2.45) is 11.7 Å². The van der Waals surface area contributed by atoms with Crippen LogP contribution in [-0.2, 0) is 25.7 Å². The van der Waals surface area contributed by atoms with Gasteiger partial charge in [-0.2, -0.15) is 0 Å². The number of rotatable bonds is 10. The number of carboxylic acids is 1. The Bertz CT molecular complexity index is 662. The summed E-state index contributed by atoms with van der Waals surface area (Å²) in [6.45, 7) is 3.28. The number of aliphatic carboxylic acids is 1. The maximum atomic E-state index is 12.4. The second-order valence-electron chi connectivity index (χ2n) is 6.33. The van der Waals surface area contributed by atoms with E-state index in [9.17, 15) is 24.3 Å². The number of nitrogens with one attached hydrogen (secondary N) is 2. The van der Waals surface area contributed by atoms with Gasteiger partial charge in [0.25, 0.3) is 0 Å². The normalized spacial score (nSPS) is 12.7. The van der Waals surface area contributed by atoms with Crippen molar-refractivity contribution in [1.82, 2.24) is 10.6 Å². The van der Waals surface area contributed by atoms with Gasteiger partial charge in [-0.25, -0.2) is 9.59 Å². The van der Waals surface area contributed by atoms with Crippen LogP contribution < -0.4 is 16.4 Å². The SMILES string of the molecule is CC(C)C(NC(=O)C(CCC(N)=O)NC(=O)OCc1ccccc1)C(=O)O. The summed E-state index contributed by atoms with van der Waals surface area (Å²) < 4.78 is 5.05. The molecule has 2 atom stereocenters. The first kappa shape index (κ1) is 21.9. The molecule has 1 rings (SSSR count). The van der Waals surface area contributed by atoms with Gasteiger partial charge in [-0.1, -0.05) is 44.2 Å². The van der Waals surface area contributed by atoms with E-state index in [1.807, 2.05) is 6.07 Å². The van der Waals surface area contributed by atoms with Gasteiger partial charge in [0, 0.05) is 6.42 Å². The average Bonchev–Trinajstić information content (AvgIpc) is 2.61. The van der Waals surface area contributed by atoms with E-state index in [2.05, 4.69) is 10.6 Å². The molecule has 1 aromatic carbocycles. The average molecular weight is 379 g/mol. The lowest BCUT2D eigenvalue weighted by Gasteiger charge is -2.22. The quantitative estimate of drug-likeness (QED) is 0.472. The molecule has 0 radical (unpaired) electrons. The molecule has 0 aliphatic carbocycles. The van der Waals surface area contributed by atoms with Crippen LogP contribution in [0, 0.1) is 5.92 Å². The third-order valence-electron chi connectivity index (χ3n) is 3.73. The Balaban J connectivity index is 2.71. The van der Waals surface area contributed by atoms with Gasteiger partial charge in [0.15, 0.2) is 0 Å². The van der Waals surface area contributed by atoms with Crippen molar-refractivity contribution in [1.29, 1.82) is 0 Å². The number of benzene rings is 1. The summed E-state index contributed by atoms with van der Waals surface area (Å²) in [5, 5.41) is 13.9. The number of carboxylic acid groups (broad SMARTS) is 1. The predicted octanol–water partition coefficient (Wildman–Crippen LogP) is 0.772. The molecule has 1 aromatic rings. The van der Waals surface area contributed by atoms with Crippen molar-refractivity contribution in [3.05, 3.63) is 35.9 Å². The molecule has 0 heterocycles. The first-order valence-electron chi connectivity index (χ1n) is 8.49. The van der Waals surface area contributed by atoms with E-state index in [0.717, 1.165) is 5.56 Å². The largest absolute Gasteiger partial charge is 0.480 e. The van der Waals surface area contributed by atoms with Crippen molar-refractivity contribution in [2.45, 2.75) is 45.4 Å². The van der Waals surface area contributed by atoms with Crippen LogP contribution in [0.15, 0.2) is 30.3 Å². The monoisotopic (exact) mass is 379 g/mol. The van der Waals surface area contributed by atoms with Crippen molar-refractivity contribution in [2.75, 3.05) is 0 Å². The molecule has 0 aliphatic heterocycles. The molecule has 0 bridgehead atoms. The molecule has 3 amide bonds. The Morgan fingerprint density at radius 2 is 1.74 bits per heavy atom. The molecule has 0 aromatic heterocycles. The molecule has 0 spiro atoms. The van der Waals surface area contributed by atoms with Crippen LogP contribution in [0.2, 0.25) is 0 Å². The van der Waals surface area contributed by atoms with Gasteiger partial charge in [-0.15, -0.1) is 0 Å². The van der Waals surface area contributed by atoms with E-state index in [0.29, 0.717) is 0 Å². The highest BCUT2D eigenvalue weighted by molar-refractivity contribution is 5.89. The molecule has 5 N–H and O–H groups in total. The standard InChI is InChI=1S/C18H25N3O6/c1-11(2)15(17(24)25)21-16(23)13(8-9-14(19)22)20-18(26)27-10-12-6-4-3-5-7-12/h3-7,11,13,15H,8-10H2,1-2H3,(H2,19,22)(H,20,26)(H,21,23)(H,24,25). The lowest BCUT2D eigenvalue weighted by atomic mass is 10.0. The van der Waals surface area contributed by atoms with Gasteiger partial charge in [0.1, 0.15) is 18.7 Å². The zero-order chi connectivity index (χ0) is 20.4. The molecule has 2 unspecified atom stereocenters. The smallest absolute Gasteiger partial charge is 0.408 e. The molecule has 148 valence electrons. The lowest BCUT2D eigenvalue weighted by molar-refractivity contribution is -0.143. The molecule has 27 heavy (non-hydrogen) atoms. The third-order valence-corrected chi connectivity index (χ3v) is 3.73. The fraction of sp³-hybridized carbons (Fsp3) is 0.444. The first-order valence-corrected chi connectivity index (χ1v) is 8.49. The second kappa shape index (κ2) is 10.8. The number of hydrogen-bond acceptors (Lipinski definition) is 5. The van der Waals surface area contributed by atoms with Crippen LogP contribution >= 0.6 is 0 Å². The number of ether oxygens (including phenoxy) is 1. The zero-order valence-electron chi connectivity index (χ0n) is 15.3. The highest BCUT2D eigenvalue weighted by Crippen LogP contribution is 2.06. The van der Waals surface area contributed by atoms with Crippen LogP contribution in [0.4, 0.5) is 4.79 Å². The van der Waals surface area contributed by atoms with Gasteiger partial charge in [0.2, 0.25) is 11.8 Å². The van der Waals surface area contributed by atoms with E-state index in [4.69, 9.17) is 10.5 Å². The zero-order valence-corrected chi connectivity index (χ0v) is 15.3. The third kappa shape index (κ3) is 8.21. The summed E-state index contributed by atoms with van der Waals surface area (Å²) in [6, 6.07) is 6.66. The molecule has 0 saturated carbocycles. The number of alkyl carbamates (subject to hydrolysis) is 1. The first-order chi connectivity index (χ1) is 12.7. The summed E-state index contributed by atoms with van der Waals surface area (Å²) >= 11 is 0. The molecule has 0 fully saturated rings. The van der Waals surface area contributed by atoms with Crippen molar-refractivity contribution < 1.29 is 29.0 Å². The van der Waals surface area contributed by atoms with Crippen LogP contribution in [0.1, 0.15) is 32.3 Å². The van der Waals surface area contributed by atoms with Crippen molar-refractivity contribution in [3.63, 3.8) is 0 Å². The molecule has 0 aliphatic rings. The molecular weight excluding hydrogens is 354 g/mol. The highest BCUT2D eigenvalue weighted by Gasteiger charge is 2.29. The number of amides is 3. The van der Waals surface area contributed by atoms with Gasteiger partial charge < -0.3 is 26.2 Å². The van der Waals surface area contributed by atoms with Crippen LogP contribution in [0.25, 0.3) is 0 Å². The second-order valence-corrected chi connectivity index (χ2v) is 6.33. The summed E-state index contributed by atoms with van der Waals surface area (Å²) in [5.74, 6) is -2.94. The minimum Gasteiger partial charge on any atom is -0.480 e. The minimum absolute atomic E-state index is 0.000572. The van der Waals surface area contributed by atoms with Gasteiger partial charge in [0.05, 0.1) is 0 Å². The summed E-state index contributed by atoms with van der Waals surface area (Å²) in [6.07, 6.45) is -1.09. The summed E-state index contributed by atoms with van der Waals surface area (Å²) in [5.41, 5.74) is 5.86. The number of hydrogen-bond donors (Lipinski definition) is 4. The molecule has 0 saturated heterocycles. The van der Waals surface area contributed by atoms with E-state index in [-0.39, 0.29) is 25.4 Å². The Morgan fingerprint density at radius 3 is 2.26 bits per heavy atom. The Morgan fingerprint density at radius 1 is 1.11 bits per heavy atom. The number of nitrogens with two attached hydrogens (primary N) is 1. The predicted molar refractivity (Wildman–Crippen MR) is 96.4 cm³/mol. The van der Waals surface area contributed by atoms with Gasteiger partial charge in [-0.3, -0.25) is 9.59 Å². The molecular formula is C18H25N3O6. The lowest BCUT2D eigenvalue weighted by Crippen LogP contribution is -2.53. The highest BCUT2D eigenvalue weighted by atomic mass is 16.5. The van der Waals surface area contributed by atoms with E-state index < -0.39 is 36.0 Å². The Kier molecular flexibility index (Phi) is 8.77. The van der Waals surface area contributed by atoms with Gasteiger partial charge >= 0.3 is 12.1 Å². The molecule has 9 heteroatoms. The maximum Gasteiger partial charge on any atom is 0.408 e. The van der Waals surface area contributed by atoms with E-state index in [1.165, 1.54) is 0 Å². The van der Waals surface area contributed by atoms with Gasteiger partial charge in [-0.05, 0) is 17.9 Å². The van der Waals surface area contributed by atoms with E-state index >= 15 is 0 Å². The van der Waals surface area contributed by atoms with Crippen LogP contribution in [0.5, 0.6) is 0 Å². The molecule has 9 nitrogen and oxygen atoms in total.